The predicted octanol–water partition coefficient (Wildman–Crippen LogP) is 2.66. The first-order chi connectivity index (χ1) is 17.1. The van der Waals surface area contributed by atoms with Gasteiger partial charge in [-0.15, -0.1) is 0 Å². The van der Waals surface area contributed by atoms with Crippen molar-refractivity contribution in [2.45, 2.75) is 37.8 Å². The van der Waals surface area contributed by atoms with Crippen molar-refractivity contribution in [1.82, 2.24) is 14.5 Å². The summed E-state index contributed by atoms with van der Waals surface area (Å²) in [5.74, 6) is 5.21. The Morgan fingerprint density at radius 1 is 1.28 bits per heavy atom. The van der Waals surface area contributed by atoms with Crippen LogP contribution in [0.5, 0.6) is 5.75 Å². The zero-order valence-electron chi connectivity index (χ0n) is 20.9. The minimum Gasteiger partial charge on any atom is -0.487 e. The number of aliphatic hydroxyl groups is 1. The number of benzene rings is 2. The lowest BCUT2D eigenvalue weighted by Crippen LogP contribution is -2.51. The summed E-state index contributed by atoms with van der Waals surface area (Å²) in [6.07, 6.45) is -0.535. The van der Waals surface area contributed by atoms with Gasteiger partial charge in [0.05, 0.1) is 13.2 Å². The number of likely N-dealkylation sites (N-methyl/N-ethyl adjacent to an activating group) is 1. The van der Waals surface area contributed by atoms with Gasteiger partial charge >= 0.3 is 6.03 Å². The number of nitrogens with zero attached hydrogens (tertiary/aromatic N) is 2. The van der Waals surface area contributed by atoms with E-state index in [2.05, 4.69) is 17.2 Å². The largest absolute Gasteiger partial charge is 0.487 e. The molecule has 1 aliphatic rings. The summed E-state index contributed by atoms with van der Waals surface area (Å²) in [4.78, 5) is 13.8. The van der Waals surface area contributed by atoms with Gasteiger partial charge in [-0.1, -0.05) is 24.8 Å². The van der Waals surface area contributed by atoms with Crippen molar-refractivity contribution in [2.24, 2.45) is 5.92 Å². The van der Waals surface area contributed by atoms with Crippen LogP contribution < -0.4 is 10.1 Å². The molecule has 0 aliphatic carbocycles. The van der Waals surface area contributed by atoms with Gasteiger partial charge in [0.2, 0.25) is 10.0 Å². The van der Waals surface area contributed by atoms with Crippen LogP contribution in [-0.4, -0.2) is 74.2 Å². The Kier molecular flexibility index (Phi) is 8.95. The number of amides is 2. The zero-order chi connectivity index (χ0) is 26.5. The molecule has 10 heteroatoms. The van der Waals surface area contributed by atoms with Crippen LogP contribution in [0.1, 0.15) is 31.9 Å². The number of hydrogen-bond acceptors (Lipinski definition) is 5. The van der Waals surface area contributed by atoms with Crippen molar-refractivity contribution in [3.63, 3.8) is 0 Å². The minimum absolute atomic E-state index is 0.0448. The molecule has 0 saturated carbocycles. The molecule has 2 N–H and O–H groups in total. The molecule has 1 heterocycles. The van der Waals surface area contributed by atoms with Crippen LogP contribution in [0, 0.1) is 23.6 Å². The monoisotopic (exact) mass is 517 g/mol. The highest BCUT2D eigenvalue weighted by Gasteiger charge is 2.38. The van der Waals surface area contributed by atoms with Gasteiger partial charge in [-0.05, 0) is 50.2 Å². The highest BCUT2D eigenvalue weighted by Crippen LogP contribution is 2.34. The van der Waals surface area contributed by atoms with Crippen molar-refractivity contribution in [1.29, 1.82) is 0 Å². The van der Waals surface area contributed by atoms with Crippen molar-refractivity contribution in [3.8, 4) is 17.6 Å². The average molecular weight is 518 g/mol. The third kappa shape index (κ3) is 6.35. The number of halogens is 1. The molecule has 0 radical (unpaired) electrons. The Labute approximate surface area is 212 Å². The molecule has 0 aromatic heterocycles. The Morgan fingerprint density at radius 2 is 1.97 bits per heavy atom. The van der Waals surface area contributed by atoms with E-state index in [1.54, 1.807) is 32.2 Å². The number of nitrogens with one attached hydrogen (secondary N) is 1. The van der Waals surface area contributed by atoms with E-state index >= 15 is 0 Å². The highest BCUT2D eigenvalue weighted by atomic mass is 32.2. The normalized spacial score (nSPS) is 19.9. The van der Waals surface area contributed by atoms with E-state index in [0.29, 0.717) is 17.7 Å². The molecule has 1 aliphatic heterocycles. The Hall–Kier alpha value is -3.13. The van der Waals surface area contributed by atoms with Crippen LogP contribution >= 0.6 is 0 Å². The van der Waals surface area contributed by atoms with Gasteiger partial charge in [0, 0.05) is 43.2 Å². The highest BCUT2D eigenvalue weighted by molar-refractivity contribution is 7.89. The van der Waals surface area contributed by atoms with Gasteiger partial charge in [-0.3, -0.25) is 0 Å². The lowest BCUT2D eigenvalue weighted by molar-refractivity contribution is 0.0813. The number of carbonyl (C=O) groups is 1. The van der Waals surface area contributed by atoms with E-state index in [4.69, 9.17) is 4.74 Å². The maximum Gasteiger partial charge on any atom is 0.317 e. The van der Waals surface area contributed by atoms with E-state index in [0.717, 1.165) is 0 Å². The number of carbonyl (C=O) groups excluding carboxylic acids is 1. The summed E-state index contributed by atoms with van der Waals surface area (Å²) in [6.45, 7) is 5.76. The Bertz CT molecular complexity index is 1260. The smallest absolute Gasteiger partial charge is 0.317 e. The number of aliphatic hydroxyl groups excluding tert-OH is 1. The number of sulfonamides is 1. The van der Waals surface area contributed by atoms with Crippen LogP contribution in [0.3, 0.4) is 0 Å². The van der Waals surface area contributed by atoms with Crippen LogP contribution in [0.25, 0.3) is 0 Å². The van der Waals surface area contributed by atoms with E-state index in [9.17, 15) is 22.7 Å². The van der Waals surface area contributed by atoms with E-state index < -0.39 is 28.0 Å². The molecule has 0 unspecified atom stereocenters. The fourth-order valence-corrected chi connectivity index (χ4v) is 5.70. The van der Waals surface area contributed by atoms with Crippen LogP contribution in [0.2, 0.25) is 0 Å². The first-order valence-corrected chi connectivity index (χ1v) is 13.2. The molecule has 0 saturated heterocycles. The van der Waals surface area contributed by atoms with Crippen LogP contribution in [-0.2, 0) is 10.0 Å². The van der Waals surface area contributed by atoms with Crippen molar-refractivity contribution in [2.75, 3.05) is 33.3 Å². The maximum absolute atomic E-state index is 13.6. The second-order valence-corrected chi connectivity index (χ2v) is 10.7. The summed E-state index contributed by atoms with van der Waals surface area (Å²) in [5.41, 5.74) is 0.965. The minimum atomic E-state index is -4.00. The van der Waals surface area contributed by atoms with Gasteiger partial charge in [-0.25, -0.2) is 17.6 Å². The third-order valence-electron chi connectivity index (χ3n) is 5.97. The molecule has 2 amide bonds. The first-order valence-electron chi connectivity index (χ1n) is 11.8. The lowest BCUT2D eigenvalue weighted by atomic mass is 10.0. The fourth-order valence-electron chi connectivity index (χ4n) is 3.87. The molecular formula is C26H32FN3O5S. The second kappa shape index (κ2) is 11.7. The lowest BCUT2D eigenvalue weighted by Gasteiger charge is -2.37. The van der Waals surface area contributed by atoms with E-state index in [1.807, 2.05) is 13.8 Å². The fraction of sp³-hybridized carbons (Fsp3) is 0.423. The Morgan fingerprint density at radius 3 is 2.61 bits per heavy atom. The number of urea groups is 1. The van der Waals surface area contributed by atoms with Crippen LogP contribution in [0.15, 0.2) is 47.4 Å². The quantitative estimate of drug-likeness (QED) is 0.595. The number of rotatable bonds is 5. The molecule has 3 rings (SSSR count). The summed E-state index contributed by atoms with van der Waals surface area (Å²) in [5, 5.41) is 12.5. The zero-order valence-corrected chi connectivity index (χ0v) is 21.7. The van der Waals surface area contributed by atoms with Crippen molar-refractivity contribution >= 4 is 16.1 Å². The van der Waals surface area contributed by atoms with E-state index in [1.165, 1.54) is 33.5 Å². The van der Waals surface area contributed by atoms with Gasteiger partial charge in [0.1, 0.15) is 22.6 Å². The van der Waals surface area contributed by atoms with Gasteiger partial charge in [0.15, 0.2) is 0 Å². The standard InChI is InChI=1S/C26H32FN3O5S/c1-5-28-26(32)29(4)16-24-18(2)15-30(19(3)17-31)36(33,34)25-12-11-21(14-23(25)35-24)10-9-20-7-6-8-22(27)13-20/h6-8,11-14,18-19,24,31H,5,15-17H2,1-4H3,(H,28,32)/t18-,19+,24+/m1/s1. The predicted molar refractivity (Wildman–Crippen MR) is 135 cm³/mol. The SMILES string of the molecule is CCNC(=O)N(C)C[C@@H]1Oc2cc(C#Cc3cccc(F)c3)ccc2S(=O)(=O)N([C@@H](C)CO)C[C@H]1C. The van der Waals surface area contributed by atoms with Crippen LogP contribution in [0.4, 0.5) is 9.18 Å². The summed E-state index contributed by atoms with van der Waals surface area (Å²) < 4.78 is 48.1. The van der Waals surface area contributed by atoms with Crippen molar-refractivity contribution < 1.29 is 27.4 Å². The van der Waals surface area contributed by atoms with Gasteiger partial charge in [0.25, 0.3) is 0 Å². The molecule has 194 valence electrons. The molecule has 2 aromatic carbocycles. The summed E-state index contributed by atoms with van der Waals surface area (Å²) >= 11 is 0. The second-order valence-electron chi connectivity index (χ2n) is 8.88. The molecule has 0 fully saturated rings. The Balaban J connectivity index is 2.05. The van der Waals surface area contributed by atoms with Gasteiger partial charge < -0.3 is 20.1 Å². The molecule has 36 heavy (non-hydrogen) atoms. The number of ether oxygens (including phenoxy) is 1. The molecular weight excluding hydrogens is 485 g/mol. The number of fused-ring (bicyclic) bond motifs is 1. The third-order valence-corrected chi connectivity index (χ3v) is 7.99. The molecule has 2 aromatic rings. The summed E-state index contributed by atoms with van der Waals surface area (Å²) in [7, 11) is -2.35. The average Bonchev–Trinajstić information content (AvgIpc) is 2.84. The summed E-state index contributed by atoms with van der Waals surface area (Å²) in [6, 6.07) is 9.48. The number of hydrogen-bond donors (Lipinski definition) is 2. The molecule has 3 atom stereocenters. The topological polar surface area (TPSA) is 99.2 Å². The molecule has 8 nitrogen and oxygen atoms in total. The van der Waals surface area contributed by atoms with E-state index in [-0.39, 0.29) is 42.3 Å². The molecule has 0 spiro atoms. The first kappa shape index (κ1) is 27.5. The van der Waals surface area contributed by atoms with Crippen molar-refractivity contribution in [3.05, 3.63) is 59.4 Å². The molecule has 0 bridgehead atoms. The maximum atomic E-state index is 13.6. The van der Waals surface area contributed by atoms with Gasteiger partial charge in [-0.2, -0.15) is 4.31 Å².